The van der Waals surface area contributed by atoms with E-state index in [1.54, 1.807) is 13.3 Å². The lowest BCUT2D eigenvalue weighted by Gasteiger charge is -2.20. The number of aryl methyl sites for hydroxylation is 1. The van der Waals surface area contributed by atoms with Crippen LogP contribution in [0.1, 0.15) is 24.1 Å². The number of alkyl carbamates (subject to hydrolysis) is 1. The summed E-state index contributed by atoms with van der Waals surface area (Å²) >= 11 is 0. The predicted octanol–water partition coefficient (Wildman–Crippen LogP) is 6.61. The molecule has 0 atom stereocenters. The zero-order valence-corrected chi connectivity index (χ0v) is 21.9. The largest absolute Gasteiger partial charge is 0.493 e. The number of hydrogen-bond acceptors (Lipinski definition) is 6. The van der Waals surface area contributed by atoms with E-state index in [1.165, 1.54) is 0 Å². The first-order valence-electron chi connectivity index (χ1n) is 13.0. The molecule has 0 aliphatic heterocycles. The maximum atomic E-state index is 12.4. The summed E-state index contributed by atoms with van der Waals surface area (Å²) < 4.78 is 17.2. The van der Waals surface area contributed by atoms with E-state index >= 15 is 0 Å². The second kappa shape index (κ2) is 10.2. The zero-order chi connectivity index (χ0) is 26.8. The van der Waals surface area contributed by atoms with Crippen molar-refractivity contribution in [2.24, 2.45) is 0 Å². The summed E-state index contributed by atoms with van der Waals surface area (Å²) in [7, 11) is 1.62. The molecule has 6 rings (SSSR count). The summed E-state index contributed by atoms with van der Waals surface area (Å²) in [6, 6.07) is 23.7. The molecule has 8 nitrogen and oxygen atoms in total. The number of fused-ring (bicyclic) bond motifs is 2. The highest BCUT2D eigenvalue weighted by molar-refractivity contribution is 5.96. The fraction of sp³-hybridized carbons (Fsp3) is 0.226. The van der Waals surface area contributed by atoms with Crippen LogP contribution in [0.5, 0.6) is 11.5 Å². The molecule has 3 N–H and O–H groups in total. The van der Waals surface area contributed by atoms with Crippen LogP contribution in [-0.4, -0.2) is 35.3 Å². The number of H-pyrrole nitrogens is 1. The number of aromatic nitrogens is 2. The number of nitrogens with one attached hydrogen (secondary N) is 3. The van der Waals surface area contributed by atoms with Gasteiger partial charge in [-0.3, -0.25) is 4.98 Å². The van der Waals surface area contributed by atoms with E-state index in [2.05, 4.69) is 38.8 Å². The maximum Gasteiger partial charge on any atom is 0.408 e. The number of carbonyl (C=O) groups is 1. The van der Waals surface area contributed by atoms with Crippen molar-refractivity contribution in [3.63, 3.8) is 0 Å². The lowest BCUT2D eigenvalue weighted by Crippen LogP contribution is -2.41. The van der Waals surface area contributed by atoms with Crippen molar-refractivity contribution in [3.05, 3.63) is 90.3 Å². The van der Waals surface area contributed by atoms with Gasteiger partial charge in [-0.1, -0.05) is 30.3 Å². The summed E-state index contributed by atoms with van der Waals surface area (Å²) in [4.78, 5) is 20.3. The number of pyridine rings is 1. The molecule has 1 saturated carbocycles. The van der Waals surface area contributed by atoms with Gasteiger partial charge in [-0.15, -0.1) is 0 Å². The minimum absolute atomic E-state index is 0.225. The monoisotopic (exact) mass is 522 g/mol. The maximum absolute atomic E-state index is 12.4. The van der Waals surface area contributed by atoms with Crippen LogP contribution in [-0.2, 0) is 11.3 Å². The number of amides is 1. The molecule has 5 aromatic rings. The van der Waals surface area contributed by atoms with E-state index in [4.69, 9.17) is 14.2 Å². The summed E-state index contributed by atoms with van der Waals surface area (Å²) in [6.45, 7) is 2.58. The highest BCUT2D eigenvalue weighted by atomic mass is 16.6. The molecule has 0 spiro atoms. The number of benzene rings is 3. The average molecular weight is 523 g/mol. The molecule has 198 valence electrons. The van der Waals surface area contributed by atoms with E-state index in [0.717, 1.165) is 57.3 Å². The molecule has 2 heterocycles. The van der Waals surface area contributed by atoms with Crippen LogP contribution in [0.2, 0.25) is 0 Å². The Morgan fingerprint density at radius 2 is 1.87 bits per heavy atom. The first-order chi connectivity index (χ1) is 19.0. The quantitative estimate of drug-likeness (QED) is 0.201. The molecule has 0 unspecified atom stereocenters. The first kappa shape index (κ1) is 24.6. The van der Waals surface area contributed by atoms with Crippen LogP contribution in [0.25, 0.3) is 21.8 Å². The molecule has 0 saturated heterocycles. The van der Waals surface area contributed by atoms with Gasteiger partial charge < -0.3 is 29.8 Å². The topological polar surface area (TPSA) is 97.5 Å². The Bertz CT molecular complexity index is 1640. The Labute approximate surface area is 226 Å². The number of anilines is 2. The number of aromatic amines is 1. The van der Waals surface area contributed by atoms with Crippen molar-refractivity contribution in [1.29, 1.82) is 0 Å². The van der Waals surface area contributed by atoms with Crippen LogP contribution in [0, 0.1) is 6.92 Å². The number of ether oxygens (including phenoxy) is 3. The Balaban J connectivity index is 1.15. The normalized spacial score (nSPS) is 13.7. The summed E-state index contributed by atoms with van der Waals surface area (Å²) in [5.74, 6) is 1.17. The summed E-state index contributed by atoms with van der Waals surface area (Å²) in [6.07, 6.45) is 2.96. The van der Waals surface area contributed by atoms with Crippen molar-refractivity contribution >= 4 is 39.3 Å². The van der Waals surface area contributed by atoms with Crippen LogP contribution in [0.3, 0.4) is 0 Å². The molecule has 1 amide bonds. The molecule has 2 aromatic heterocycles. The van der Waals surface area contributed by atoms with E-state index < -0.39 is 11.6 Å². The summed E-state index contributed by atoms with van der Waals surface area (Å²) in [5.41, 5.74) is 5.40. The van der Waals surface area contributed by atoms with Crippen LogP contribution < -0.4 is 20.1 Å². The Hall–Kier alpha value is -4.72. The van der Waals surface area contributed by atoms with Crippen molar-refractivity contribution in [2.75, 3.05) is 19.0 Å². The fourth-order valence-corrected chi connectivity index (χ4v) is 4.69. The third-order valence-corrected chi connectivity index (χ3v) is 7.00. The van der Waals surface area contributed by atoms with Gasteiger partial charge in [0.1, 0.15) is 13.2 Å². The lowest BCUT2D eigenvalue weighted by molar-refractivity contribution is 0.128. The van der Waals surface area contributed by atoms with E-state index in [-0.39, 0.29) is 6.61 Å². The third kappa shape index (κ3) is 5.45. The molecule has 39 heavy (non-hydrogen) atoms. The van der Waals surface area contributed by atoms with Crippen LogP contribution >= 0.6 is 0 Å². The molecular formula is C31H30N4O4. The Morgan fingerprint density at radius 3 is 2.67 bits per heavy atom. The molecular weight excluding hydrogens is 492 g/mol. The van der Waals surface area contributed by atoms with Gasteiger partial charge in [0.2, 0.25) is 0 Å². The zero-order valence-electron chi connectivity index (χ0n) is 21.9. The van der Waals surface area contributed by atoms with Crippen molar-refractivity contribution in [1.82, 2.24) is 15.3 Å². The lowest BCUT2D eigenvalue weighted by atomic mass is 10.1. The number of hydrogen-bond donors (Lipinski definition) is 3. The fourth-order valence-electron chi connectivity index (χ4n) is 4.69. The number of rotatable bonds is 9. The molecule has 0 radical (unpaired) electrons. The standard InChI is InChI=1S/C31H30N4O4/c1-20-14-22-15-23(8-9-25(22)33-20)34-26-10-13-32-27-17-29(28(37-2)16-24(26)27)39-19-31(11-12-31)35-30(36)38-18-21-6-4-3-5-7-21/h3-10,13-17,33H,11-12,18-19H2,1-2H3,(H,32,34)(H,35,36). The third-order valence-electron chi connectivity index (χ3n) is 7.00. The van der Waals surface area contributed by atoms with Gasteiger partial charge in [-0.2, -0.15) is 0 Å². The Morgan fingerprint density at radius 1 is 1.03 bits per heavy atom. The predicted molar refractivity (Wildman–Crippen MR) is 152 cm³/mol. The van der Waals surface area contributed by atoms with Gasteiger partial charge in [0.05, 0.1) is 18.2 Å². The van der Waals surface area contributed by atoms with Gasteiger partial charge in [0.25, 0.3) is 0 Å². The molecule has 1 aliphatic carbocycles. The smallest absolute Gasteiger partial charge is 0.408 e. The van der Waals surface area contributed by atoms with Crippen LogP contribution in [0.15, 0.2) is 79.0 Å². The van der Waals surface area contributed by atoms with E-state index in [1.807, 2.05) is 61.5 Å². The second-order valence-corrected chi connectivity index (χ2v) is 10.0. The van der Waals surface area contributed by atoms with Gasteiger partial charge in [0.15, 0.2) is 11.5 Å². The van der Waals surface area contributed by atoms with E-state index in [9.17, 15) is 4.79 Å². The number of nitrogens with zero attached hydrogens (tertiary/aromatic N) is 1. The second-order valence-electron chi connectivity index (χ2n) is 10.0. The Kier molecular flexibility index (Phi) is 6.44. The van der Waals surface area contributed by atoms with Gasteiger partial charge in [-0.05, 0) is 61.7 Å². The highest BCUT2D eigenvalue weighted by Crippen LogP contribution is 2.40. The van der Waals surface area contributed by atoms with Crippen LogP contribution in [0.4, 0.5) is 16.2 Å². The minimum Gasteiger partial charge on any atom is -0.493 e. The SMILES string of the molecule is COc1cc2c(Nc3ccc4[nH]c(C)cc4c3)ccnc2cc1OCC1(NC(=O)OCc2ccccc2)CC1. The molecule has 1 fully saturated rings. The van der Waals surface area contributed by atoms with E-state index in [0.29, 0.717) is 18.1 Å². The number of carbonyl (C=O) groups excluding carboxylic acids is 1. The minimum atomic E-state index is -0.448. The van der Waals surface area contributed by atoms with Crippen molar-refractivity contribution in [2.45, 2.75) is 31.9 Å². The molecule has 8 heteroatoms. The van der Waals surface area contributed by atoms with Gasteiger partial charge in [0, 0.05) is 45.6 Å². The highest BCUT2D eigenvalue weighted by Gasteiger charge is 2.45. The van der Waals surface area contributed by atoms with Gasteiger partial charge >= 0.3 is 6.09 Å². The molecule has 0 bridgehead atoms. The van der Waals surface area contributed by atoms with Crippen molar-refractivity contribution in [3.8, 4) is 11.5 Å². The molecule has 1 aliphatic rings. The molecule has 3 aromatic carbocycles. The summed E-state index contributed by atoms with van der Waals surface area (Å²) in [5, 5.41) is 8.56. The average Bonchev–Trinajstić information content (AvgIpc) is 3.61. The van der Waals surface area contributed by atoms with Crippen molar-refractivity contribution < 1.29 is 19.0 Å². The number of methoxy groups -OCH3 is 1. The first-order valence-corrected chi connectivity index (χ1v) is 13.0. The van der Waals surface area contributed by atoms with Gasteiger partial charge in [-0.25, -0.2) is 4.79 Å².